The fraction of sp³-hybridized carbons (Fsp3) is 0.409. The minimum atomic E-state index is -0.103. The molecule has 7 heteroatoms. The van der Waals surface area contributed by atoms with Crippen LogP contribution in [0.25, 0.3) is 0 Å². The van der Waals surface area contributed by atoms with Crippen LogP contribution < -0.4 is 5.32 Å². The lowest BCUT2D eigenvalue weighted by Crippen LogP contribution is -2.32. The Balaban J connectivity index is 1.39. The Bertz CT molecular complexity index is 974. The van der Waals surface area contributed by atoms with Crippen molar-refractivity contribution in [1.29, 1.82) is 0 Å². The van der Waals surface area contributed by atoms with Gasteiger partial charge in [-0.2, -0.15) is 10.2 Å². The van der Waals surface area contributed by atoms with E-state index in [1.54, 1.807) is 4.68 Å². The largest absolute Gasteiger partial charge is 0.319 e. The van der Waals surface area contributed by atoms with Gasteiger partial charge < -0.3 is 5.32 Å². The number of benzene rings is 1. The Morgan fingerprint density at radius 2 is 2.03 bits per heavy atom. The van der Waals surface area contributed by atoms with Crippen molar-refractivity contribution in [3.05, 3.63) is 65.2 Å². The predicted octanol–water partition coefficient (Wildman–Crippen LogP) is 3.15. The first kappa shape index (κ1) is 19.4. The van der Waals surface area contributed by atoms with E-state index in [9.17, 15) is 4.79 Å². The summed E-state index contributed by atoms with van der Waals surface area (Å²) in [5.41, 5.74) is 4.45. The van der Waals surface area contributed by atoms with Gasteiger partial charge in [0.1, 0.15) is 0 Å². The quantitative estimate of drug-likeness (QED) is 0.700. The average Bonchev–Trinajstić information content (AvgIpc) is 3.43. The summed E-state index contributed by atoms with van der Waals surface area (Å²) in [6, 6.07) is 10.4. The van der Waals surface area contributed by atoms with Gasteiger partial charge in [-0.05, 0) is 57.0 Å². The predicted molar refractivity (Wildman–Crippen MR) is 113 cm³/mol. The summed E-state index contributed by atoms with van der Waals surface area (Å²) in [5.74, 6) is -0.103. The molecule has 29 heavy (non-hydrogen) atoms. The molecule has 1 aromatic carbocycles. The molecule has 152 valence electrons. The molecule has 1 saturated heterocycles. The van der Waals surface area contributed by atoms with Crippen LogP contribution in [0.15, 0.2) is 42.7 Å². The van der Waals surface area contributed by atoms with Gasteiger partial charge in [-0.15, -0.1) is 0 Å². The summed E-state index contributed by atoms with van der Waals surface area (Å²) < 4.78 is 3.79. The number of hydrogen-bond acceptors (Lipinski definition) is 4. The maximum atomic E-state index is 12.6. The second kappa shape index (κ2) is 8.21. The highest BCUT2D eigenvalue weighted by Crippen LogP contribution is 2.22. The van der Waals surface area contributed by atoms with Crippen LogP contribution in [-0.2, 0) is 20.1 Å². The number of rotatable bonds is 6. The van der Waals surface area contributed by atoms with Gasteiger partial charge in [0.2, 0.25) is 0 Å². The van der Waals surface area contributed by atoms with Crippen LogP contribution in [0, 0.1) is 13.8 Å². The molecule has 3 aromatic rings. The maximum absolute atomic E-state index is 12.6. The van der Waals surface area contributed by atoms with E-state index in [0.717, 1.165) is 36.7 Å². The van der Waals surface area contributed by atoms with Gasteiger partial charge >= 0.3 is 0 Å². The van der Waals surface area contributed by atoms with Crippen LogP contribution in [0.2, 0.25) is 0 Å². The van der Waals surface area contributed by atoms with Gasteiger partial charge in [-0.3, -0.25) is 19.1 Å². The molecule has 1 fully saturated rings. The second-order valence-corrected chi connectivity index (χ2v) is 7.82. The van der Waals surface area contributed by atoms with Crippen molar-refractivity contribution in [2.45, 2.75) is 45.8 Å². The van der Waals surface area contributed by atoms with Crippen molar-refractivity contribution in [2.24, 2.45) is 7.05 Å². The molecule has 0 bridgehead atoms. The van der Waals surface area contributed by atoms with E-state index >= 15 is 0 Å². The number of hydrogen-bond donors (Lipinski definition) is 1. The van der Waals surface area contributed by atoms with Gasteiger partial charge in [0.15, 0.2) is 0 Å². The van der Waals surface area contributed by atoms with Crippen molar-refractivity contribution in [2.75, 3.05) is 11.9 Å². The van der Waals surface area contributed by atoms with E-state index in [0.29, 0.717) is 11.6 Å². The summed E-state index contributed by atoms with van der Waals surface area (Å²) in [6.45, 7) is 6.79. The van der Waals surface area contributed by atoms with Crippen LogP contribution in [0.1, 0.15) is 40.2 Å². The van der Waals surface area contributed by atoms with E-state index in [2.05, 4.69) is 32.5 Å². The number of aromatic nitrogens is 4. The lowest BCUT2D eigenvalue weighted by atomic mass is 10.1. The van der Waals surface area contributed by atoms with Crippen LogP contribution in [0.5, 0.6) is 0 Å². The molecule has 1 aliphatic heterocycles. The number of nitrogens with one attached hydrogen (secondary N) is 1. The van der Waals surface area contributed by atoms with Crippen LogP contribution in [-0.4, -0.2) is 43.0 Å². The normalized spacial score (nSPS) is 17.0. The molecule has 1 atom stereocenters. The zero-order chi connectivity index (χ0) is 20.4. The molecule has 0 saturated carbocycles. The Hall–Kier alpha value is -2.93. The minimum Gasteiger partial charge on any atom is -0.319 e. The average molecular weight is 393 g/mol. The molecule has 1 aliphatic rings. The molecule has 3 heterocycles. The molecule has 2 aromatic heterocycles. The summed E-state index contributed by atoms with van der Waals surface area (Å²) in [4.78, 5) is 15.2. The summed E-state index contributed by atoms with van der Waals surface area (Å²) >= 11 is 0. The smallest absolute Gasteiger partial charge is 0.255 e. The number of anilines is 1. The minimum absolute atomic E-state index is 0.103. The van der Waals surface area contributed by atoms with Crippen molar-refractivity contribution in [3.8, 4) is 0 Å². The third-order valence-electron chi connectivity index (χ3n) is 5.81. The molecular formula is C22H28N6O. The van der Waals surface area contributed by atoms with E-state index < -0.39 is 0 Å². The first-order chi connectivity index (χ1) is 14.0. The fourth-order valence-electron chi connectivity index (χ4n) is 4.07. The Kier molecular flexibility index (Phi) is 5.49. The summed E-state index contributed by atoms with van der Waals surface area (Å²) in [7, 11) is 1.88. The van der Waals surface area contributed by atoms with Crippen molar-refractivity contribution in [1.82, 2.24) is 24.5 Å². The van der Waals surface area contributed by atoms with E-state index in [-0.39, 0.29) is 5.91 Å². The molecule has 0 aliphatic carbocycles. The molecule has 1 N–H and O–H groups in total. The zero-order valence-corrected chi connectivity index (χ0v) is 17.3. The highest BCUT2D eigenvalue weighted by atomic mass is 16.1. The van der Waals surface area contributed by atoms with Gasteiger partial charge in [-0.25, -0.2) is 0 Å². The first-order valence-corrected chi connectivity index (χ1v) is 10.1. The first-order valence-electron chi connectivity index (χ1n) is 10.1. The van der Waals surface area contributed by atoms with Crippen molar-refractivity contribution >= 4 is 11.6 Å². The van der Waals surface area contributed by atoms with Crippen molar-refractivity contribution < 1.29 is 4.79 Å². The highest BCUT2D eigenvalue weighted by Gasteiger charge is 2.25. The summed E-state index contributed by atoms with van der Waals surface area (Å²) in [5, 5.41) is 11.7. The molecular weight excluding hydrogens is 364 g/mol. The number of amides is 1. The highest BCUT2D eigenvalue weighted by molar-refractivity contribution is 6.04. The Labute approximate surface area is 171 Å². The monoisotopic (exact) mass is 392 g/mol. The number of carbonyl (C=O) groups excluding carboxylic acids is 1. The van der Waals surface area contributed by atoms with Gasteiger partial charge in [0.25, 0.3) is 5.91 Å². The fourth-order valence-corrected chi connectivity index (χ4v) is 4.07. The zero-order valence-electron chi connectivity index (χ0n) is 17.3. The third-order valence-corrected chi connectivity index (χ3v) is 5.81. The Morgan fingerprint density at radius 1 is 1.24 bits per heavy atom. The van der Waals surface area contributed by atoms with Gasteiger partial charge in [0.05, 0.1) is 23.6 Å². The van der Waals surface area contributed by atoms with Crippen LogP contribution in [0.3, 0.4) is 0 Å². The second-order valence-electron chi connectivity index (χ2n) is 7.82. The molecule has 1 amide bonds. The molecule has 0 spiro atoms. The number of carbonyl (C=O) groups is 1. The van der Waals surface area contributed by atoms with Crippen LogP contribution >= 0.6 is 0 Å². The number of likely N-dealkylation sites (tertiary alicyclic amines) is 1. The van der Waals surface area contributed by atoms with Crippen LogP contribution in [0.4, 0.5) is 5.69 Å². The van der Waals surface area contributed by atoms with Gasteiger partial charge in [0, 0.05) is 37.6 Å². The SMILES string of the molecule is Cc1nn(C)c(C)c1NC(=O)c1ccc(CN2CCC[C@@H]2Cn2cccn2)cc1. The number of nitrogens with zero attached hydrogens (tertiary/aromatic N) is 5. The number of aryl methyl sites for hydroxylation is 2. The molecule has 0 radical (unpaired) electrons. The lowest BCUT2D eigenvalue weighted by molar-refractivity contribution is 0.102. The molecule has 0 unspecified atom stereocenters. The lowest BCUT2D eigenvalue weighted by Gasteiger charge is -2.24. The topological polar surface area (TPSA) is 68.0 Å². The Morgan fingerprint density at radius 3 is 2.69 bits per heavy atom. The molecule has 4 rings (SSSR count). The van der Waals surface area contributed by atoms with E-state index in [1.165, 1.54) is 18.4 Å². The van der Waals surface area contributed by atoms with Gasteiger partial charge in [-0.1, -0.05) is 12.1 Å². The standard InChI is InChI=1S/C22H28N6O/c1-16-21(17(2)26(3)25-16)24-22(29)19-9-7-18(8-10-19)14-27-12-4-6-20(27)15-28-13-5-11-23-28/h5,7-11,13,20H,4,6,12,14-15H2,1-3H3,(H,24,29)/t20-/m1/s1. The maximum Gasteiger partial charge on any atom is 0.255 e. The van der Waals surface area contributed by atoms with E-state index in [1.807, 2.05) is 56.2 Å². The van der Waals surface area contributed by atoms with E-state index in [4.69, 9.17) is 0 Å². The molecule has 7 nitrogen and oxygen atoms in total. The third kappa shape index (κ3) is 4.24. The summed E-state index contributed by atoms with van der Waals surface area (Å²) in [6.07, 6.45) is 6.27. The van der Waals surface area contributed by atoms with Crippen molar-refractivity contribution in [3.63, 3.8) is 0 Å².